The Morgan fingerprint density at radius 2 is 1.74 bits per heavy atom. The van der Waals surface area contributed by atoms with Gasteiger partial charge in [-0.2, -0.15) is 0 Å². The summed E-state index contributed by atoms with van der Waals surface area (Å²) in [5, 5.41) is 3.36. The number of benzene rings is 2. The average molecular weight is 368 g/mol. The van der Waals surface area contributed by atoms with Crippen molar-refractivity contribution < 1.29 is 9.53 Å². The minimum atomic E-state index is -0.0681. The molecule has 0 spiro atoms. The lowest BCUT2D eigenvalue weighted by Crippen LogP contribution is -2.38. The van der Waals surface area contributed by atoms with Crippen molar-refractivity contribution in [3.05, 3.63) is 65.7 Å². The van der Waals surface area contributed by atoms with E-state index in [1.165, 1.54) is 10.5 Å². The second-order valence-corrected chi connectivity index (χ2v) is 6.47. The Balaban J connectivity index is 1.90. The fourth-order valence-electron chi connectivity index (χ4n) is 2.52. The molecule has 0 unspecified atom stereocenters. The molecule has 0 heterocycles. The number of carbonyl (C=O) groups is 1. The van der Waals surface area contributed by atoms with Gasteiger partial charge in [-0.25, -0.2) is 0 Å². The number of nitrogens with one attached hydrogen (secondary N) is 1. The molecule has 0 saturated heterocycles. The van der Waals surface area contributed by atoms with Crippen LogP contribution in [0, 0.1) is 0 Å². The molecule has 27 heavy (non-hydrogen) atoms. The fourth-order valence-corrected chi connectivity index (χ4v) is 2.52. The molecule has 1 N–H and O–H groups in total. The molecule has 0 radical (unpaired) electrons. The molecule has 0 aliphatic heterocycles. The number of rotatable bonds is 7. The molecule has 0 fully saturated rings. The predicted octanol–water partition coefficient (Wildman–Crippen LogP) is 2.36. The van der Waals surface area contributed by atoms with Crippen molar-refractivity contribution in [2.75, 3.05) is 34.8 Å². The topological polar surface area (TPSA) is 57.2 Å². The molecule has 2 aromatic carbocycles. The minimum Gasteiger partial charge on any atom is -0.484 e. The van der Waals surface area contributed by atoms with Crippen molar-refractivity contribution in [2.45, 2.75) is 13.1 Å². The summed E-state index contributed by atoms with van der Waals surface area (Å²) in [5.41, 5.74) is 2.28. The van der Waals surface area contributed by atoms with E-state index in [0.717, 1.165) is 18.1 Å². The van der Waals surface area contributed by atoms with Gasteiger partial charge in [-0.15, -0.1) is 0 Å². The third-order valence-corrected chi connectivity index (χ3v) is 4.05. The number of likely N-dealkylation sites (N-methyl/N-ethyl adjacent to an activating group) is 1. The van der Waals surface area contributed by atoms with Gasteiger partial charge in [0.25, 0.3) is 5.91 Å². The number of nitrogens with zero attached hydrogens (tertiary/aromatic N) is 3. The Morgan fingerprint density at radius 3 is 2.41 bits per heavy atom. The van der Waals surface area contributed by atoms with E-state index in [0.29, 0.717) is 12.3 Å². The highest BCUT2D eigenvalue weighted by Crippen LogP contribution is 2.13. The standard InChI is InChI=1S/C21H28N4O2/c1-22-21(25(4)15-17-9-6-5-7-10-17)23-14-18-11-8-12-19(13-18)27-16-20(26)24(2)3/h5-13H,14-16H2,1-4H3,(H,22,23). The van der Waals surface area contributed by atoms with Crippen molar-refractivity contribution in [2.24, 2.45) is 4.99 Å². The van der Waals surface area contributed by atoms with Gasteiger partial charge in [0.2, 0.25) is 0 Å². The summed E-state index contributed by atoms with van der Waals surface area (Å²) in [6, 6.07) is 18.0. The molecule has 0 aromatic heterocycles. The van der Waals surface area contributed by atoms with Crippen molar-refractivity contribution in [3.63, 3.8) is 0 Å². The number of hydrogen-bond donors (Lipinski definition) is 1. The number of aliphatic imine (C=N–C) groups is 1. The summed E-state index contributed by atoms with van der Waals surface area (Å²) in [4.78, 5) is 19.6. The minimum absolute atomic E-state index is 0.0331. The first-order valence-corrected chi connectivity index (χ1v) is 8.87. The molecule has 6 nitrogen and oxygen atoms in total. The molecule has 0 atom stereocenters. The first kappa shape index (κ1) is 20.3. The van der Waals surface area contributed by atoms with Gasteiger partial charge in [0, 0.05) is 41.3 Å². The Kier molecular flexibility index (Phi) is 7.67. The van der Waals surface area contributed by atoms with Crippen LogP contribution in [0.15, 0.2) is 59.6 Å². The van der Waals surface area contributed by atoms with Crippen molar-refractivity contribution in [1.29, 1.82) is 0 Å². The van der Waals surface area contributed by atoms with E-state index in [1.807, 2.05) is 49.5 Å². The van der Waals surface area contributed by atoms with Gasteiger partial charge in [-0.05, 0) is 23.3 Å². The van der Waals surface area contributed by atoms with Gasteiger partial charge >= 0.3 is 0 Å². The molecule has 0 saturated carbocycles. The molecule has 0 aliphatic rings. The quantitative estimate of drug-likeness (QED) is 0.602. The van der Waals surface area contributed by atoms with Crippen LogP contribution >= 0.6 is 0 Å². The molecule has 2 aromatic rings. The lowest BCUT2D eigenvalue weighted by molar-refractivity contribution is -0.130. The summed E-state index contributed by atoms with van der Waals surface area (Å²) < 4.78 is 5.57. The van der Waals surface area contributed by atoms with Gasteiger partial charge < -0.3 is 19.9 Å². The molecular formula is C21H28N4O2. The SMILES string of the molecule is CN=C(NCc1cccc(OCC(=O)N(C)C)c1)N(C)Cc1ccccc1. The van der Waals surface area contributed by atoms with Crippen LogP contribution in [0.2, 0.25) is 0 Å². The van der Waals surface area contributed by atoms with Crippen LogP contribution in [0.5, 0.6) is 5.75 Å². The summed E-state index contributed by atoms with van der Waals surface area (Å²) in [7, 11) is 7.21. The van der Waals surface area contributed by atoms with E-state index >= 15 is 0 Å². The third kappa shape index (κ3) is 6.66. The molecular weight excluding hydrogens is 340 g/mol. The zero-order valence-corrected chi connectivity index (χ0v) is 16.5. The van der Waals surface area contributed by atoms with E-state index in [1.54, 1.807) is 21.1 Å². The second-order valence-electron chi connectivity index (χ2n) is 6.47. The number of hydrogen-bond acceptors (Lipinski definition) is 3. The fraction of sp³-hybridized carbons (Fsp3) is 0.333. The van der Waals surface area contributed by atoms with Crippen LogP contribution in [-0.2, 0) is 17.9 Å². The molecule has 0 bridgehead atoms. The molecule has 144 valence electrons. The highest BCUT2D eigenvalue weighted by molar-refractivity contribution is 5.79. The van der Waals surface area contributed by atoms with Crippen LogP contribution in [0.4, 0.5) is 0 Å². The molecule has 6 heteroatoms. The first-order chi connectivity index (χ1) is 13.0. The number of guanidine groups is 1. The van der Waals surface area contributed by atoms with Gasteiger partial charge in [0.15, 0.2) is 12.6 Å². The van der Waals surface area contributed by atoms with Gasteiger partial charge in [-0.3, -0.25) is 9.79 Å². The monoisotopic (exact) mass is 368 g/mol. The summed E-state index contributed by atoms with van der Waals surface area (Å²) in [6.45, 7) is 1.42. The first-order valence-electron chi connectivity index (χ1n) is 8.87. The number of amides is 1. The molecule has 0 aliphatic carbocycles. The normalized spacial score (nSPS) is 11.0. The number of ether oxygens (including phenoxy) is 1. The van der Waals surface area contributed by atoms with Gasteiger partial charge in [0.05, 0.1) is 0 Å². The van der Waals surface area contributed by atoms with Crippen LogP contribution in [0.25, 0.3) is 0 Å². The zero-order valence-electron chi connectivity index (χ0n) is 16.5. The largest absolute Gasteiger partial charge is 0.484 e. The van der Waals surface area contributed by atoms with Gasteiger partial charge in [0.1, 0.15) is 5.75 Å². The Morgan fingerprint density at radius 1 is 1.04 bits per heavy atom. The highest BCUT2D eigenvalue weighted by Gasteiger charge is 2.08. The van der Waals surface area contributed by atoms with Crippen LogP contribution in [0.1, 0.15) is 11.1 Å². The Hall–Kier alpha value is -3.02. The smallest absolute Gasteiger partial charge is 0.259 e. The highest BCUT2D eigenvalue weighted by atomic mass is 16.5. The summed E-state index contributed by atoms with van der Waals surface area (Å²) in [5.74, 6) is 1.42. The Bertz CT molecular complexity index is 760. The van der Waals surface area contributed by atoms with E-state index in [4.69, 9.17) is 4.74 Å². The third-order valence-electron chi connectivity index (χ3n) is 4.05. The van der Waals surface area contributed by atoms with Crippen LogP contribution in [0.3, 0.4) is 0 Å². The second kappa shape index (κ2) is 10.2. The molecule has 2 rings (SSSR count). The van der Waals surface area contributed by atoms with E-state index < -0.39 is 0 Å². The van der Waals surface area contributed by atoms with Crippen molar-refractivity contribution in [3.8, 4) is 5.75 Å². The van der Waals surface area contributed by atoms with Gasteiger partial charge in [-0.1, -0.05) is 42.5 Å². The zero-order chi connectivity index (χ0) is 19.6. The van der Waals surface area contributed by atoms with Crippen molar-refractivity contribution in [1.82, 2.24) is 15.1 Å². The van der Waals surface area contributed by atoms with Crippen LogP contribution in [-0.4, -0.2) is 56.5 Å². The van der Waals surface area contributed by atoms with Crippen molar-refractivity contribution >= 4 is 11.9 Å². The Labute approximate surface area is 161 Å². The van der Waals surface area contributed by atoms with E-state index in [9.17, 15) is 4.79 Å². The maximum absolute atomic E-state index is 11.6. The number of carbonyl (C=O) groups excluding carboxylic acids is 1. The lowest BCUT2D eigenvalue weighted by atomic mass is 10.2. The predicted molar refractivity (Wildman–Crippen MR) is 109 cm³/mol. The lowest BCUT2D eigenvalue weighted by Gasteiger charge is -2.22. The van der Waals surface area contributed by atoms with E-state index in [-0.39, 0.29) is 12.5 Å². The van der Waals surface area contributed by atoms with Crippen LogP contribution < -0.4 is 10.1 Å². The summed E-state index contributed by atoms with van der Waals surface area (Å²) in [6.07, 6.45) is 0. The van der Waals surface area contributed by atoms with E-state index in [2.05, 4.69) is 27.3 Å². The maximum atomic E-state index is 11.6. The summed E-state index contributed by atoms with van der Waals surface area (Å²) >= 11 is 0. The average Bonchev–Trinajstić information content (AvgIpc) is 2.67. The molecule has 1 amide bonds. The maximum Gasteiger partial charge on any atom is 0.259 e.